The molecule has 0 aliphatic carbocycles. The number of carbonyl (C=O) groups excluding carboxylic acids is 3. The first-order valence-corrected chi connectivity index (χ1v) is 9.74. The molecule has 1 aliphatic rings. The minimum Gasteiger partial charge on any atom is -0.460 e. The lowest BCUT2D eigenvalue weighted by Crippen LogP contribution is -2.33. The Kier molecular flexibility index (Phi) is 5.37. The Morgan fingerprint density at radius 1 is 1.00 bits per heavy atom. The maximum absolute atomic E-state index is 12.6. The number of amides is 2. The molecule has 30 heavy (non-hydrogen) atoms. The van der Waals surface area contributed by atoms with Crippen LogP contribution in [0.1, 0.15) is 42.3 Å². The molecular formula is C22H18ClN3O4. The van der Waals surface area contributed by atoms with E-state index in [1.165, 1.54) is 4.68 Å². The molecule has 3 aromatic rings. The average Bonchev–Trinajstić information content (AvgIpc) is 3.16. The Morgan fingerprint density at radius 2 is 1.60 bits per heavy atom. The zero-order valence-corrected chi connectivity index (χ0v) is 16.9. The minimum atomic E-state index is -0.645. The number of imide groups is 1. The predicted molar refractivity (Wildman–Crippen MR) is 110 cm³/mol. The number of hydrogen-bond acceptors (Lipinski definition) is 5. The molecule has 2 amide bonds. The zero-order chi connectivity index (χ0) is 21.3. The van der Waals surface area contributed by atoms with Crippen molar-refractivity contribution in [2.45, 2.75) is 13.5 Å². The summed E-state index contributed by atoms with van der Waals surface area (Å²) in [4.78, 5) is 38.4. The molecule has 0 fully saturated rings. The van der Waals surface area contributed by atoms with Crippen LogP contribution in [0.15, 0.2) is 54.6 Å². The van der Waals surface area contributed by atoms with Crippen molar-refractivity contribution in [2.75, 3.05) is 13.2 Å². The van der Waals surface area contributed by atoms with Crippen LogP contribution in [-0.2, 0) is 11.3 Å². The maximum Gasteiger partial charge on any atom is 0.343 e. The second kappa shape index (κ2) is 8.12. The van der Waals surface area contributed by atoms with E-state index in [2.05, 4.69) is 5.10 Å². The van der Waals surface area contributed by atoms with Gasteiger partial charge in [-0.1, -0.05) is 54.1 Å². The highest BCUT2D eigenvalue weighted by atomic mass is 35.5. The lowest BCUT2D eigenvalue weighted by atomic mass is 10.1. The summed E-state index contributed by atoms with van der Waals surface area (Å²) < 4.78 is 6.82. The second-order valence-corrected chi connectivity index (χ2v) is 7.20. The quantitative estimate of drug-likeness (QED) is 0.448. The van der Waals surface area contributed by atoms with E-state index >= 15 is 0 Å². The Morgan fingerprint density at radius 3 is 2.23 bits per heavy atom. The van der Waals surface area contributed by atoms with Gasteiger partial charge in [-0.2, -0.15) is 5.10 Å². The van der Waals surface area contributed by atoms with Gasteiger partial charge < -0.3 is 4.74 Å². The molecule has 152 valence electrons. The van der Waals surface area contributed by atoms with Crippen molar-refractivity contribution >= 4 is 29.4 Å². The van der Waals surface area contributed by atoms with Crippen LogP contribution in [-0.4, -0.2) is 45.6 Å². The Labute approximate surface area is 177 Å². The number of hydrogen-bond donors (Lipinski definition) is 0. The zero-order valence-electron chi connectivity index (χ0n) is 16.2. The molecule has 8 heteroatoms. The van der Waals surface area contributed by atoms with Crippen molar-refractivity contribution < 1.29 is 19.1 Å². The van der Waals surface area contributed by atoms with Crippen LogP contribution in [0.4, 0.5) is 0 Å². The van der Waals surface area contributed by atoms with Gasteiger partial charge in [0.1, 0.15) is 17.3 Å². The number of aromatic nitrogens is 2. The Hall–Kier alpha value is -3.45. The molecule has 0 spiro atoms. The molecule has 1 aliphatic heterocycles. The summed E-state index contributed by atoms with van der Waals surface area (Å²) in [5.74, 6) is -1.43. The fraction of sp³-hybridized carbons (Fsp3) is 0.182. The summed E-state index contributed by atoms with van der Waals surface area (Å²) in [7, 11) is 0. The summed E-state index contributed by atoms with van der Waals surface area (Å²) in [5, 5.41) is 4.51. The van der Waals surface area contributed by atoms with Gasteiger partial charge in [-0.05, 0) is 24.6 Å². The first-order chi connectivity index (χ1) is 14.5. The monoisotopic (exact) mass is 423 g/mol. The number of halogens is 1. The topological polar surface area (TPSA) is 81.5 Å². The molecular weight excluding hydrogens is 406 g/mol. The van der Waals surface area contributed by atoms with Crippen molar-refractivity contribution in [3.8, 4) is 0 Å². The lowest BCUT2D eigenvalue weighted by Gasteiger charge is -2.13. The Balaban J connectivity index is 1.40. The maximum atomic E-state index is 12.6. The van der Waals surface area contributed by atoms with Crippen molar-refractivity contribution in [3.63, 3.8) is 0 Å². The summed E-state index contributed by atoms with van der Waals surface area (Å²) in [6, 6.07) is 16.2. The molecule has 7 nitrogen and oxygen atoms in total. The van der Waals surface area contributed by atoms with Gasteiger partial charge in [0.25, 0.3) is 11.8 Å². The Bertz CT molecular complexity index is 1110. The number of ether oxygens (including phenoxy) is 1. The van der Waals surface area contributed by atoms with Gasteiger partial charge in [-0.25, -0.2) is 9.48 Å². The van der Waals surface area contributed by atoms with Gasteiger partial charge in [0.15, 0.2) is 0 Å². The highest BCUT2D eigenvalue weighted by molar-refractivity contribution is 6.32. The van der Waals surface area contributed by atoms with Crippen LogP contribution in [0.3, 0.4) is 0 Å². The molecule has 1 aromatic heterocycles. The normalized spacial score (nSPS) is 12.9. The number of aryl methyl sites for hydroxylation is 1. The number of carbonyl (C=O) groups is 3. The summed E-state index contributed by atoms with van der Waals surface area (Å²) in [6.45, 7) is 1.92. The first-order valence-electron chi connectivity index (χ1n) is 9.36. The molecule has 0 radical (unpaired) electrons. The molecule has 0 saturated heterocycles. The number of benzene rings is 2. The minimum absolute atomic E-state index is 0.0348. The summed E-state index contributed by atoms with van der Waals surface area (Å²) in [6.07, 6.45) is 0. The standard InChI is InChI=1S/C22H18ClN3O4/c1-14-18(19(23)26(24-14)13-15-7-3-2-4-8-15)22(29)30-12-11-25-20(27)16-9-5-6-10-17(16)21(25)28/h2-10H,11-13H2,1H3. The SMILES string of the molecule is Cc1nn(Cc2ccccc2)c(Cl)c1C(=O)OCCN1C(=O)c2ccccc2C1=O. The molecule has 4 rings (SSSR count). The molecule has 0 bridgehead atoms. The molecule has 2 aromatic carbocycles. The fourth-order valence-corrected chi connectivity index (χ4v) is 3.70. The summed E-state index contributed by atoms with van der Waals surface area (Å²) in [5.41, 5.74) is 2.33. The third-order valence-corrected chi connectivity index (χ3v) is 5.26. The van der Waals surface area contributed by atoms with E-state index in [1.807, 2.05) is 30.3 Å². The van der Waals surface area contributed by atoms with Gasteiger partial charge in [0, 0.05) is 0 Å². The first kappa shape index (κ1) is 19.8. The second-order valence-electron chi connectivity index (χ2n) is 6.84. The molecule has 0 N–H and O–H groups in total. The van der Waals surface area contributed by atoms with Gasteiger partial charge in [0.05, 0.1) is 29.9 Å². The van der Waals surface area contributed by atoms with Crippen LogP contribution in [0, 0.1) is 6.92 Å². The van der Waals surface area contributed by atoms with Gasteiger partial charge in [-0.15, -0.1) is 0 Å². The van der Waals surface area contributed by atoms with Crippen molar-refractivity contribution in [1.29, 1.82) is 0 Å². The number of fused-ring (bicyclic) bond motifs is 1. The van der Waals surface area contributed by atoms with Crippen LogP contribution >= 0.6 is 11.6 Å². The van der Waals surface area contributed by atoms with Gasteiger partial charge in [-0.3, -0.25) is 14.5 Å². The number of esters is 1. The lowest BCUT2D eigenvalue weighted by molar-refractivity contribution is 0.0420. The van der Waals surface area contributed by atoms with Crippen LogP contribution in [0.25, 0.3) is 0 Å². The predicted octanol–water partition coefficient (Wildman–Crippen LogP) is 3.35. The molecule has 2 heterocycles. The van der Waals surface area contributed by atoms with E-state index in [9.17, 15) is 14.4 Å². The number of nitrogens with zero attached hydrogens (tertiary/aromatic N) is 3. The van der Waals surface area contributed by atoms with Crippen LogP contribution < -0.4 is 0 Å². The number of rotatable bonds is 6. The molecule has 0 saturated carbocycles. The largest absolute Gasteiger partial charge is 0.460 e. The van der Waals surface area contributed by atoms with E-state index in [1.54, 1.807) is 31.2 Å². The van der Waals surface area contributed by atoms with E-state index in [0.717, 1.165) is 10.5 Å². The highest BCUT2D eigenvalue weighted by Gasteiger charge is 2.35. The fourth-order valence-electron chi connectivity index (χ4n) is 3.39. The third kappa shape index (κ3) is 3.59. The van der Waals surface area contributed by atoms with E-state index < -0.39 is 17.8 Å². The third-order valence-electron chi connectivity index (χ3n) is 4.87. The van der Waals surface area contributed by atoms with Gasteiger partial charge in [0.2, 0.25) is 0 Å². The molecule has 0 atom stereocenters. The van der Waals surface area contributed by atoms with E-state index in [-0.39, 0.29) is 23.9 Å². The van der Waals surface area contributed by atoms with Crippen molar-refractivity contribution in [1.82, 2.24) is 14.7 Å². The van der Waals surface area contributed by atoms with E-state index in [0.29, 0.717) is 23.4 Å². The van der Waals surface area contributed by atoms with Crippen molar-refractivity contribution in [2.24, 2.45) is 0 Å². The van der Waals surface area contributed by atoms with Crippen molar-refractivity contribution in [3.05, 3.63) is 87.7 Å². The average molecular weight is 424 g/mol. The summed E-state index contributed by atoms with van der Waals surface area (Å²) >= 11 is 6.37. The van der Waals surface area contributed by atoms with Crippen LogP contribution in [0.2, 0.25) is 5.15 Å². The highest BCUT2D eigenvalue weighted by Crippen LogP contribution is 2.23. The van der Waals surface area contributed by atoms with E-state index in [4.69, 9.17) is 16.3 Å². The van der Waals surface area contributed by atoms with Crippen LogP contribution in [0.5, 0.6) is 0 Å². The molecule has 0 unspecified atom stereocenters. The smallest absolute Gasteiger partial charge is 0.343 e. The van der Waals surface area contributed by atoms with Gasteiger partial charge >= 0.3 is 5.97 Å².